The number of nitrogens with one attached hydrogen (secondary N) is 2. The molecule has 0 fully saturated rings. The van der Waals surface area contributed by atoms with Crippen molar-refractivity contribution in [1.29, 1.82) is 5.26 Å². The standard InChI is InChI=1S/C29H34N4O2/c1-3-5-10-26-17-16-25(20-32-29(35)31-18-6-4-2)28(34)33(26)21-22-12-14-23(15-13-22)27-11-8-7-9-24(27)19-30/h7-9,11-17H,3-6,10,18,20-21H2,1-2H3,(H2,31,32,35). The molecule has 2 aromatic carbocycles. The summed E-state index contributed by atoms with van der Waals surface area (Å²) in [6.45, 7) is 5.47. The van der Waals surface area contributed by atoms with Crippen molar-refractivity contribution in [3.8, 4) is 17.2 Å². The smallest absolute Gasteiger partial charge is 0.315 e. The van der Waals surface area contributed by atoms with E-state index in [0.29, 0.717) is 24.2 Å². The van der Waals surface area contributed by atoms with Gasteiger partial charge in [-0.3, -0.25) is 4.79 Å². The highest BCUT2D eigenvalue weighted by Crippen LogP contribution is 2.23. The Kier molecular flexibility index (Phi) is 9.68. The molecule has 2 N–H and O–H groups in total. The molecule has 0 spiro atoms. The fourth-order valence-corrected chi connectivity index (χ4v) is 3.97. The maximum absolute atomic E-state index is 13.4. The molecule has 0 aliphatic rings. The average Bonchev–Trinajstić information content (AvgIpc) is 2.89. The summed E-state index contributed by atoms with van der Waals surface area (Å²) in [5, 5.41) is 15.0. The molecule has 1 aromatic heterocycles. The molecule has 0 radical (unpaired) electrons. The van der Waals surface area contributed by atoms with Gasteiger partial charge in [-0.05, 0) is 54.2 Å². The minimum absolute atomic E-state index is 0.0774. The number of urea groups is 1. The molecule has 0 saturated carbocycles. The van der Waals surface area contributed by atoms with Gasteiger partial charge in [0.15, 0.2) is 0 Å². The molecule has 0 bridgehead atoms. The average molecular weight is 471 g/mol. The van der Waals surface area contributed by atoms with Crippen LogP contribution in [0.15, 0.2) is 65.5 Å². The van der Waals surface area contributed by atoms with Crippen molar-refractivity contribution in [2.75, 3.05) is 6.54 Å². The van der Waals surface area contributed by atoms with Crippen LogP contribution in [-0.2, 0) is 19.5 Å². The van der Waals surface area contributed by atoms with E-state index in [-0.39, 0.29) is 18.1 Å². The van der Waals surface area contributed by atoms with E-state index in [1.807, 2.05) is 65.2 Å². The van der Waals surface area contributed by atoms with Crippen LogP contribution in [0.2, 0.25) is 0 Å². The molecular formula is C29H34N4O2. The second-order valence-corrected chi connectivity index (χ2v) is 8.66. The summed E-state index contributed by atoms with van der Waals surface area (Å²) >= 11 is 0. The fraction of sp³-hybridized carbons (Fsp3) is 0.345. The van der Waals surface area contributed by atoms with Gasteiger partial charge >= 0.3 is 6.03 Å². The van der Waals surface area contributed by atoms with E-state index >= 15 is 0 Å². The number of benzene rings is 2. The zero-order valence-electron chi connectivity index (χ0n) is 20.6. The van der Waals surface area contributed by atoms with Crippen LogP contribution in [0, 0.1) is 11.3 Å². The number of rotatable bonds is 11. The van der Waals surface area contributed by atoms with Gasteiger partial charge in [0.25, 0.3) is 5.56 Å². The van der Waals surface area contributed by atoms with Crippen LogP contribution < -0.4 is 16.2 Å². The van der Waals surface area contributed by atoms with Crippen LogP contribution in [0.25, 0.3) is 11.1 Å². The molecule has 0 atom stereocenters. The number of aromatic nitrogens is 1. The van der Waals surface area contributed by atoms with E-state index in [4.69, 9.17) is 0 Å². The molecule has 2 amide bonds. The van der Waals surface area contributed by atoms with Crippen molar-refractivity contribution in [1.82, 2.24) is 15.2 Å². The Morgan fingerprint density at radius 2 is 1.69 bits per heavy atom. The zero-order valence-corrected chi connectivity index (χ0v) is 20.6. The molecular weight excluding hydrogens is 436 g/mol. The van der Waals surface area contributed by atoms with E-state index in [0.717, 1.165) is 54.5 Å². The Balaban J connectivity index is 1.81. The van der Waals surface area contributed by atoms with E-state index < -0.39 is 0 Å². The SMILES string of the molecule is CCCCNC(=O)NCc1ccc(CCCC)n(Cc2ccc(-c3ccccc3C#N)cc2)c1=O. The Morgan fingerprint density at radius 3 is 2.40 bits per heavy atom. The van der Waals surface area contributed by atoms with E-state index in [1.54, 1.807) is 0 Å². The lowest BCUT2D eigenvalue weighted by atomic mass is 9.99. The van der Waals surface area contributed by atoms with Crippen molar-refractivity contribution in [2.45, 2.75) is 59.0 Å². The molecule has 0 aliphatic carbocycles. The molecule has 0 unspecified atom stereocenters. The summed E-state index contributed by atoms with van der Waals surface area (Å²) in [6, 6.07) is 21.4. The lowest BCUT2D eigenvalue weighted by Crippen LogP contribution is -2.37. The van der Waals surface area contributed by atoms with E-state index in [9.17, 15) is 14.9 Å². The number of carbonyl (C=O) groups excluding carboxylic acids is 1. The second-order valence-electron chi connectivity index (χ2n) is 8.66. The van der Waals surface area contributed by atoms with E-state index in [2.05, 4.69) is 30.6 Å². The zero-order chi connectivity index (χ0) is 25.0. The number of aryl methyl sites for hydroxylation is 1. The van der Waals surface area contributed by atoms with Gasteiger partial charge in [0.05, 0.1) is 18.2 Å². The second kappa shape index (κ2) is 13.1. The monoisotopic (exact) mass is 470 g/mol. The number of amides is 2. The van der Waals surface area contributed by atoms with Gasteiger partial charge in [-0.15, -0.1) is 0 Å². The molecule has 3 aromatic rings. The Labute approximate surface area is 207 Å². The molecule has 0 saturated heterocycles. The fourth-order valence-electron chi connectivity index (χ4n) is 3.97. The number of nitriles is 1. The molecule has 35 heavy (non-hydrogen) atoms. The quantitative estimate of drug-likeness (QED) is 0.369. The van der Waals surface area contributed by atoms with Crippen molar-refractivity contribution >= 4 is 6.03 Å². The van der Waals surface area contributed by atoms with Crippen molar-refractivity contribution < 1.29 is 4.79 Å². The minimum Gasteiger partial charge on any atom is -0.338 e. The summed E-state index contributed by atoms with van der Waals surface area (Å²) in [5.74, 6) is 0. The number of hydrogen-bond donors (Lipinski definition) is 2. The largest absolute Gasteiger partial charge is 0.338 e. The number of carbonyl (C=O) groups is 1. The summed E-state index contributed by atoms with van der Waals surface area (Å²) in [7, 11) is 0. The number of pyridine rings is 1. The summed E-state index contributed by atoms with van der Waals surface area (Å²) in [4.78, 5) is 25.4. The molecule has 0 aliphatic heterocycles. The third-order valence-corrected chi connectivity index (χ3v) is 6.04. The summed E-state index contributed by atoms with van der Waals surface area (Å²) < 4.78 is 1.82. The topological polar surface area (TPSA) is 86.9 Å². The number of nitrogens with zero attached hydrogens (tertiary/aromatic N) is 2. The molecule has 6 heteroatoms. The molecule has 6 nitrogen and oxygen atoms in total. The number of unbranched alkanes of at least 4 members (excludes halogenated alkanes) is 2. The highest BCUT2D eigenvalue weighted by atomic mass is 16.2. The van der Waals surface area contributed by atoms with Gasteiger partial charge in [-0.25, -0.2) is 4.79 Å². The number of hydrogen-bond acceptors (Lipinski definition) is 3. The summed E-state index contributed by atoms with van der Waals surface area (Å²) in [6.07, 6.45) is 4.80. The third-order valence-electron chi connectivity index (χ3n) is 6.04. The molecule has 182 valence electrons. The first-order valence-corrected chi connectivity index (χ1v) is 12.4. The first-order chi connectivity index (χ1) is 17.1. The van der Waals surface area contributed by atoms with Crippen LogP contribution in [0.4, 0.5) is 4.79 Å². The van der Waals surface area contributed by atoms with Crippen LogP contribution in [-0.4, -0.2) is 17.1 Å². The van der Waals surface area contributed by atoms with Gasteiger partial charge in [0.2, 0.25) is 0 Å². The van der Waals surface area contributed by atoms with Crippen molar-refractivity contribution in [2.24, 2.45) is 0 Å². The van der Waals surface area contributed by atoms with Gasteiger partial charge in [0.1, 0.15) is 0 Å². The first kappa shape index (κ1) is 25.8. The Bertz CT molecular complexity index is 1220. The lowest BCUT2D eigenvalue weighted by molar-refractivity contribution is 0.240. The normalized spacial score (nSPS) is 10.5. The maximum Gasteiger partial charge on any atom is 0.315 e. The highest BCUT2D eigenvalue weighted by Gasteiger charge is 2.11. The predicted molar refractivity (Wildman–Crippen MR) is 140 cm³/mol. The van der Waals surface area contributed by atoms with E-state index in [1.165, 1.54) is 0 Å². The van der Waals surface area contributed by atoms with Gasteiger partial charge in [-0.2, -0.15) is 5.26 Å². The van der Waals surface area contributed by atoms with Crippen LogP contribution >= 0.6 is 0 Å². The van der Waals surface area contributed by atoms with Gasteiger partial charge in [-0.1, -0.05) is 69.2 Å². The van der Waals surface area contributed by atoms with Crippen LogP contribution in [0.5, 0.6) is 0 Å². The Morgan fingerprint density at radius 1 is 0.943 bits per heavy atom. The Hall–Kier alpha value is -3.85. The predicted octanol–water partition coefficient (Wildman–Crippen LogP) is 5.38. The van der Waals surface area contributed by atoms with Gasteiger partial charge < -0.3 is 15.2 Å². The first-order valence-electron chi connectivity index (χ1n) is 12.4. The van der Waals surface area contributed by atoms with Crippen molar-refractivity contribution in [3.63, 3.8) is 0 Å². The third kappa shape index (κ3) is 7.07. The molecule has 3 rings (SSSR count). The van der Waals surface area contributed by atoms with Crippen molar-refractivity contribution in [3.05, 3.63) is 93.4 Å². The minimum atomic E-state index is -0.257. The van der Waals surface area contributed by atoms with Gasteiger partial charge in [0, 0.05) is 24.3 Å². The molecule has 1 heterocycles. The van der Waals surface area contributed by atoms with Crippen LogP contribution in [0.1, 0.15) is 61.9 Å². The highest BCUT2D eigenvalue weighted by molar-refractivity contribution is 5.73. The maximum atomic E-state index is 13.4. The van der Waals surface area contributed by atoms with Crippen LogP contribution in [0.3, 0.4) is 0 Å². The lowest BCUT2D eigenvalue weighted by Gasteiger charge is -2.16. The summed E-state index contributed by atoms with van der Waals surface area (Å²) in [5.41, 5.74) is 4.99.